The molecule has 7 atom stereocenters. The molecule has 13 nitrogen and oxygen atoms in total. The molecule has 0 spiro atoms. The van der Waals surface area contributed by atoms with E-state index in [1.807, 2.05) is 0 Å². The number of allylic oxidation sites excluding steroid dienone is 2. The fraction of sp³-hybridized carbons (Fsp3) is 0.435. The van der Waals surface area contributed by atoms with Gasteiger partial charge in [-0.25, -0.2) is 0 Å². The second-order valence-corrected chi connectivity index (χ2v) is 8.26. The second kappa shape index (κ2) is 9.87. The van der Waals surface area contributed by atoms with Crippen molar-refractivity contribution in [1.82, 2.24) is 0 Å². The van der Waals surface area contributed by atoms with E-state index >= 15 is 0 Å². The molecular weight excluding hydrogens is 484 g/mol. The van der Waals surface area contributed by atoms with Gasteiger partial charge in [-0.15, -0.1) is 0 Å². The molecule has 1 saturated heterocycles. The van der Waals surface area contributed by atoms with Gasteiger partial charge >= 0.3 is 0 Å². The first-order valence-electron chi connectivity index (χ1n) is 10.8. The van der Waals surface area contributed by atoms with Gasteiger partial charge in [-0.05, 0) is 18.2 Å². The third-order valence-electron chi connectivity index (χ3n) is 6.12. The Bertz CT molecular complexity index is 1120. The van der Waals surface area contributed by atoms with E-state index in [4.69, 9.17) is 23.7 Å². The van der Waals surface area contributed by atoms with Crippen molar-refractivity contribution < 1.29 is 64.2 Å². The first kappa shape index (κ1) is 25.6. The second-order valence-electron chi connectivity index (χ2n) is 8.26. The Morgan fingerprint density at radius 1 is 1.00 bits per heavy atom. The van der Waals surface area contributed by atoms with E-state index in [2.05, 4.69) is 0 Å². The van der Waals surface area contributed by atoms with Gasteiger partial charge in [0.25, 0.3) is 0 Å². The molecule has 0 amide bonds. The Labute approximate surface area is 204 Å². The summed E-state index contributed by atoms with van der Waals surface area (Å²) in [7, 11) is 2.54. The van der Waals surface area contributed by atoms with Crippen molar-refractivity contribution in [3.8, 4) is 11.5 Å². The molecule has 3 aliphatic rings. The molecule has 0 radical (unpaired) electrons. The molecule has 1 aromatic carbocycles. The van der Waals surface area contributed by atoms with Gasteiger partial charge in [0.15, 0.2) is 34.9 Å². The number of hydrogen-bond acceptors (Lipinski definition) is 13. The highest BCUT2D eigenvalue weighted by molar-refractivity contribution is 6.04. The summed E-state index contributed by atoms with van der Waals surface area (Å²) in [5.41, 5.74) is 0.153. The van der Waals surface area contributed by atoms with E-state index < -0.39 is 72.4 Å². The topological polar surface area (TPSA) is 205 Å². The Hall–Kier alpha value is -3.49. The molecule has 0 aromatic heterocycles. The van der Waals surface area contributed by atoms with Crippen LogP contribution in [0.3, 0.4) is 0 Å². The minimum atomic E-state index is -1.84. The number of fused-ring (bicyclic) bond motifs is 1. The van der Waals surface area contributed by atoms with Gasteiger partial charge in [-0.2, -0.15) is 0 Å². The molecule has 13 heteroatoms. The Balaban J connectivity index is 1.83. The molecule has 0 saturated carbocycles. The molecule has 2 unspecified atom stereocenters. The summed E-state index contributed by atoms with van der Waals surface area (Å²) in [5.74, 6) is -4.46. The molecule has 7 N–H and O–H groups in total. The number of phenols is 1. The lowest BCUT2D eigenvalue weighted by atomic mass is 9.85. The van der Waals surface area contributed by atoms with E-state index in [1.54, 1.807) is 0 Å². The van der Waals surface area contributed by atoms with Gasteiger partial charge in [0.05, 0.1) is 20.8 Å². The zero-order chi connectivity index (χ0) is 26.3. The van der Waals surface area contributed by atoms with Crippen molar-refractivity contribution in [2.24, 2.45) is 5.92 Å². The predicted molar refractivity (Wildman–Crippen MR) is 117 cm³/mol. The van der Waals surface area contributed by atoms with Crippen LogP contribution < -0.4 is 4.74 Å². The molecule has 0 bridgehead atoms. The monoisotopic (exact) mass is 510 g/mol. The maximum atomic E-state index is 13.6. The lowest BCUT2D eigenvalue weighted by Gasteiger charge is -2.41. The summed E-state index contributed by atoms with van der Waals surface area (Å²) in [4.78, 5) is 13.6. The highest BCUT2D eigenvalue weighted by Crippen LogP contribution is 2.43. The smallest absolute Gasteiger partial charge is 0.229 e. The highest BCUT2D eigenvalue weighted by Gasteiger charge is 2.51. The van der Waals surface area contributed by atoms with Crippen LogP contribution >= 0.6 is 0 Å². The molecule has 2 heterocycles. The van der Waals surface area contributed by atoms with Crippen LogP contribution in [0.4, 0.5) is 0 Å². The molecule has 196 valence electrons. The third-order valence-corrected chi connectivity index (χ3v) is 6.12. The number of Topliss-reactive ketones (excluding diaryl/α,β-unsaturated/α-hetero) is 1. The predicted octanol–water partition coefficient (Wildman–Crippen LogP) is -0.658. The Kier molecular flexibility index (Phi) is 7.02. The summed E-state index contributed by atoms with van der Waals surface area (Å²) in [6.07, 6.45) is -8.74. The Morgan fingerprint density at radius 2 is 1.72 bits per heavy atom. The molecular formula is C23H26O13. The van der Waals surface area contributed by atoms with Crippen LogP contribution in [0.2, 0.25) is 0 Å². The minimum Gasteiger partial charge on any atom is -0.511 e. The zero-order valence-corrected chi connectivity index (χ0v) is 19.1. The van der Waals surface area contributed by atoms with Crippen LogP contribution in [0.15, 0.2) is 47.3 Å². The van der Waals surface area contributed by atoms with E-state index in [0.29, 0.717) is 0 Å². The number of benzene rings is 1. The summed E-state index contributed by atoms with van der Waals surface area (Å²) in [5, 5.41) is 70.7. The van der Waals surface area contributed by atoms with Crippen molar-refractivity contribution in [3.63, 3.8) is 0 Å². The average Bonchev–Trinajstić information content (AvgIpc) is 2.85. The number of carbonyl (C=O) groups excluding carboxylic acids is 1. The first-order chi connectivity index (χ1) is 17.1. The van der Waals surface area contributed by atoms with Crippen molar-refractivity contribution >= 4 is 11.5 Å². The molecule has 4 rings (SSSR count). The largest absolute Gasteiger partial charge is 0.511 e. The number of rotatable bonds is 6. The van der Waals surface area contributed by atoms with Gasteiger partial charge in [-0.1, -0.05) is 0 Å². The van der Waals surface area contributed by atoms with Crippen LogP contribution in [-0.4, -0.2) is 99.2 Å². The quantitative estimate of drug-likeness (QED) is 0.254. The lowest BCUT2D eigenvalue weighted by Crippen LogP contribution is -2.59. The number of aliphatic hydroxyl groups is 6. The van der Waals surface area contributed by atoms with E-state index in [9.17, 15) is 40.5 Å². The van der Waals surface area contributed by atoms with Gasteiger partial charge in [-0.3, -0.25) is 4.79 Å². The minimum absolute atomic E-state index is 0.0158. The number of hydrogen-bond donors (Lipinski definition) is 7. The highest BCUT2D eigenvalue weighted by atomic mass is 16.7. The fourth-order valence-corrected chi connectivity index (χ4v) is 4.21. The van der Waals surface area contributed by atoms with E-state index in [0.717, 1.165) is 6.08 Å². The number of ketones is 1. The summed E-state index contributed by atoms with van der Waals surface area (Å²) in [6.45, 7) is -0.730. The lowest BCUT2D eigenvalue weighted by molar-refractivity contribution is -0.291. The maximum Gasteiger partial charge on any atom is 0.229 e. The van der Waals surface area contributed by atoms with Gasteiger partial charge in [0.2, 0.25) is 17.8 Å². The normalized spacial score (nSPS) is 32.4. The number of ether oxygens (including phenoxy) is 5. The Morgan fingerprint density at radius 3 is 2.36 bits per heavy atom. The number of aromatic hydroxyl groups is 1. The zero-order valence-electron chi connectivity index (χ0n) is 19.1. The fourth-order valence-electron chi connectivity index (χ4n) is 4.21. The van der Waals surface area contributed by atoms with E-state index in [-0.39, 0.29) is 28.6 Å². The summed E-state index contributed by atoms with van der Waals surface area (Å²) in [6, 6.07) is 3.95. The summed E-state index contributed by atoms with van der Waals surface area (Å²) < 4.78 is 27.3. The molecule has 2 aliphatic heterocycles. The molecule has 1 aromatic rings. The average molecular weight is 510 g/mol. The number of aliphatic hydroxyl groups excluding tert-OH is 6. The van der Waals surface area contributed by atoms with Crippen LogP contribution in [0.5, 0.6) is 11.5 Å². The van der Waals surface area contributed by atoms with Crippen molar-refractivity contribution in [1.29, 1.82) is 0 Å². The third kappa shape index (κ3) is 4.20. The standard InChI is InChI=1S/C23H26O13/c1-32-12-5-8(3-4-9(12)25)19-22(36-23-18(31)17(30)15(28)13(7-24)34-23)16(29)14-10(26)6-11(27)20(33-2)21(14)35-19/h3-6,13-15,17-18,21,23-28,30-31H,7H2,1-2H3/t13-,14?,15-,17-,18-,21?,23+/m1/s1. The molecule has 36 heavy (non-hydrogen) atoms. The SMILES string of the molecule is COC1=C(O)C=C(O)C2C(=O)C(O[C@@H]3O[C@H](CO)[C@@H](O)[C@@H](O)[C@H]3O)=C(c3ccc(O)c(OC)c3)OC12. The number of methoxy groups -OCH3 is 2. The molecule has 1 fully saturated rings. The van der Waals surface area contributed by atoms with Crippen LogP contribution in [0.25, 0.3) is 5.76 Å². The van der Waals surface area contributed by atoms with Gasteiger partial charge in [0, 0.05) is 11.6 Å². The number of phenolic OH excluding ortho intramolecular Hbond substituents is 1. The van der Waals surface area contributed by atoms with Crippen LogP contribution in [0, 0.1) is 5.92 Å². The van der Waals surface area contributed by atoms with Crippen molar-refractivity contribution in [2.75, 3.05) is 20.8 Å². The van der Waals surface area contributed by atoms with E-state index in [1.165, 1.54) is 32.4 Å². The van der Waals surface area contributed by atoms with Crippen molar-refractivity contribution in [2.45, 2.75) is 36.8 Å². The van der Waals surface area contributed by atoms with Crippen LogP contribution in [-0.2, 0) is 23.7 Å². The maximum absolute atomic E-state index is 13.6. The first-order valence-corrected chi connectivity index (χ1v) is 10.8. The van der Waals surface area contributed by atoms with Gasteiger partial charge < -0.3 is 59.4 Å². The molecule has 1 aliphatic carbocycles. The van der Waals surface area contributed by atoms with Crippen LogP contribution in [0.1, 0.15) is 5.56 Å². The number of carbonyl (C=O) groups is 1. The van der Waals surface area contributed by atoms with Crippen molar-refractivity contribution in [3.05, 3.63) is 52.9 Å². The van der Waals surface area contributed by atoms with Gasteiger partial charge in [0.1, 0.15) is 36.1 Å². The summed E-state index contributed by atoms with van der Waals surface area (Å²) >= 11 is 0.